The van der Waals surface area contributed by atoms with Gasteiger partial charge < -0.3 is 9.47 Å². The van der Waals surface area contributed by atoms with Crippen LogP contribution in [0.5, 0.6) is 0 Å². The highest BCUT2D eigenvalue weighted by molar-refractivity contribution is 6.00. The van der Waals surface area contributed by atoms with Gasteiger partial charge >= 0.3 is 0 Å². The molecule has 44 heavy (non-hydrogen) atoms. The summed E-state index contributed by atoms with van der Waals surface area (Å²) in [6, 6.07) is 31.8. The second-order valence-electron chi connectivity index (χ2n) is 10.9. The first-order valence-electron chi connectivity index (χ1n) is 14.8. The van der Waals surface area contributed by atoms with Crippen molar-refractivity contribution < 1.29 is 27.8 Å². The predicted octanol–water partition coefficient (Wildman–Crippen LogP) is 5.82. The smallest absolute Gasteiger partial charge is 0.192 e. The van der Waals surface area contributed by atoms with Crippen LogP contribution in [0.4, 0.5) is 8.78 Å². The molecule has 0 radical (unpaired) electrons. The van der Waals surface area contributed by atoms with Crippen molar-refractivity contribution in [1.29, 1.82) is 0 Å². The topological polar surface area (TPSA) is 59.1 Å². The molecular formula is C36H36F2N2O4. The van der Waals surface area contributed by atoms with Crippen LogP contribution < -0.4 is 0 Å². The minimum Gasteiger partial charge on any atom is -0.367 e. The van der Waals surface area contributed by atoms with Crippen molar-refractivity contribution in [3.63, 3.8) is 0 Å². The summed E-state index contributed by atoms with van der Waals surface area (Å²) in [5, 5.41) is 0. The number of benzene rings is 4. The van der Waals surface area contributed by atoms with E-state index in [9.17, 15) is 18.4 Å². The molecule has 2 saturated heterocycles. The zero-order chi connectivity index (χ0) is 30.7. The molecule has 0 aromatic heterocycles. The SMILES string of the molecule is O=C(c1cccc(F)c1)[C@@H]1CN(Cc2ccccc2)CCO1.O=C(c1cccc(F)c1)[C@H]1CN(Cc2ccccc2)CCO1. The Morgan fingerprint density at radius 3 is 1.39 bits per heavy atom. The van der Waals surface area contributed by atoms with Crippen molar-refractivity contribution in [3.05, 3.63) is 143 Å². The van der Waals surface area contributed by atoms with Gasteiger partial charge in [-0.25, -0.2) is 8.78 Å². The molecule has 2 fully saturated rings. The van der Waals surface area contributed by atoms with Crippen molar-refractivity contribution >= 4 is 11.6 Å². The molecule has 4 aromatic carbocycles. The summed E-state index contributed by atoms with van der Waals surface area (Å²) in [6.07, 6.45) is -1.06. The molecule has 2 aliphatic heterocycles. The molecule has 0 amide bonds. The molecule has 0 N–H and O–H groups in total. The molecule has 6 nitrogen and oxygen atoms in total. The van der Waals surface area contributed by atoms with E-state index in [1.54, 1.807) is 24.3 Å². The molecule has 6 rings (SSSR count). The van der Waals surface area contributed by atoms with Crippen LogP contribution in [0.25, 0.3) is 0 Å². The largest absolute Gasteiger partial charge is 0.367 e. The Morgan fingerprint density at radius 2 is 1.00 bits per heavy atom. The number of hydrogen-bond donors (Lipinski definition) is 0. The number of Topliss-reactive ketones (excluding diaryl/α,β-unsaturated/α-hetero) is 2. The van der Waals surface area contributed by atoms with E-state index in [4.69, 9.17) is 9.47 Å². The third-order valence-corrected chi connectivity index (χ3v) is 7.60. The number of rotatable bonds is 8. The normalized spacial score (nSPS) is 19.0. The third kappa shape index (κ3) is 8.97. The van der Waals surface area contributed by atoms with Gasteiger partial charge in [-0.15, -0.1) is 0 Å². The Labute approximate surface area is 256 Å². The Kier molecular flexibility index (Phi) is 11.1. The van der Waals surface area contributed by atoms with E-state index in [1.807, 2.05) is 36.4 Å². The molecule has 0 aliphatic carbocycles. The zero-order valence-electron chi connectivity index (χ0n) is 24.5. The van der Waals surface area contributed by atoms with Gasteiger partial charge in [-0.05, 0) is 35.4 Å². The van der Waals surface area contributed by atoms with Crippen LogP contribution in [0, 0.1) is 11.6 Å². The summed E-state index contributed by atoms with van der Waals surface area (Å²) in [7, 11) is 0. The summed E-state index contributed by atoms with van der Waals surface area (Å²) in [5.41, 5.74) is 3.15. The summed E-state index contributed by atoms with van der Waals surface area (Å²) >= 11 is 0. The van der Waals surface area contributed by atoms with Gasteiger partial charge in [0.1, 0.15) is 23.8 Å². The second-order valence-corrected chi connectivity index (χ2v) is 10.9. The van der Waals surface area contributed by atoms with Crippen molar-refractivity contribution in [2.24, 2.45) is 0 Å². The number of ether oxygens (including phenoxy) is 2. The lowest BCUT2D eigenvalue weighted by Gasteiger charge is -2.32. The zero-order valence-corrected chi connectivity index (χ0v) is 24.5. The van der Waals surface area contributed by atoms with Crippen molar-refractivity contribution in [3.8, 4) is 0 Å². The van der Waals surface area contributed by atoms with Gasteiger partial charge in [-0.2, -0.15) is 0 Å². The molecule has 228 valence electrons. The second kappa shape index (κ2) is 15.6. The third-order valence-electron chi connectivity index (χ3n) is 7.60. The average Bonchev–Trinajstić information content (AvgIpc) is 3.05. The molecule has 0 spiro atoms. The molecule has 2 atom stereocenters. The van der Waals surface area contributed by atoms with Gasteiger partial charge in [0.2, 0.25) is 0 Å². The lowest BCUT2D eigenvalue weighted by atomic mass is 10.0. The first-order valence-corrected chi connectivity index (χ1v) is 14.8. The Bertz CT molecular complexity index is 1400. The average molecular weight is 599 g/mol. The quantitative estimate of drug-likeness (QED) is 0.239. The number of carbonyl (C=O) groups excluding carboxylic acids is 2. The highest BCUT2D eigenvalue weighted by Gasteiger charge is 2.29. The van der Waals surface area contributed by atoms with Crippen LogP contribution in [-0.2, 0) is 22.6 Å². The number of halogens is 2. The minimum absolute atomic E-state index is 0.155. The van der Waals surface area contributed by atoms with Crippen LogP contribution >= 0.6 is 0 Å². The van der Waals surface area contributed by atoms with E-state index in [2.05, 4.69) is 34.1 Å². The van der Waals surface area contributed by atoms with Gasteiger partial charge in [0, 0.05) is 50.4 Å². The number of ketones is 2. The number of hydrogen-bond acceptors (Lipinski definition) is 6. The van der Waals surface area contributed by atoms with Crippen molar-refractivity contribution in [2.75, 3.05) is 39.4 Å². The molecule has 4 aromatic rings. The maximum absolute atomic E-state index is 13.3. The number of carbonyl (C=O) groups is 2. The monoisotopic (exact) mass is 598 g/mol. The summed E-state index contributed by atoms with van der Waals surface area (Å²) in [5.74, 6) is -1.11. The molecule has 2 heterocycles. The highest BCUT2D eigenvalue weighted by Crippen LogP contribution is 2.17. The Hall–Kier alpha value is -4.08. The summed E-state index contributed by atoms with van der Waals surface area (Å²) < 4.78 is 37.7. The van der Waals surface area contributed by atoms with Crippen molar-refractivity contribution in [2.45, 2.75) is 25.3 Å². The lowest BCUT2D eigenvalue weighted by molar-refractivity contribution is -0.0190. The van der Waals surface area contributed by atoms with Gasteiger partial charge in [-0.1, -0.05) is 84.9 Å². The first kappa shape index (κ1) is 31.3. The van der Waals surface area contributed by atoms with Gasteiger partial charge in [0.25, 0.3) is 0 Å². The maximum Gasteiger partial charge on any atom is 0.192 e. The summed E-state index contributed by atoms with van der Waals surface area (Å²) in [4.78, 5) is 29.3. The highest BCUT2D eigenvalue weighted by atomic mass is 19.1. The van der Waals surface area contributed by atoms with E-state index in [0.29, 0.717) is 37.4 Å². The molecule has 0 bridgehead atoms. The van der Waals surface area contributed by atoms with E-state index >= 15 is 0 Å². The molecule has 0 unspecified atom stereocenters. The predicted molar refractivity (Wildman–Crippen MR) is 164 cm³/mol. The molecule has 2 aliphatic rings. The Morgan fingerprint density at radius 1 is 0.591 bits per heavy atom. The fraction of sp³-hybridized carbons (Fsp3) is 0.278. The van der Waals surface area contributed by atoms with E-state index in [-0.39, 0.29) is 11.6 Å². The van der Waals surface area contributed by atoms with Crippen LogP contribution in [-0.4, -0.2) is 73.0 Å². The summed E-state index contributed by atoms with van der Waals surface area (Å²) in [6.45, 7) is 5.25. The van der Waals surface area contributed by atoms with E-state index in [0.717, 1.165) is 26.2 Å². The minimum atomic E-state index is -0.528. The van der Waals surface area contributed by atoms with Gasteiger partial charge in [0.05, 0.1) is 13.2 Å². The van der Waals surface area contributed by atoms with E-state index in [1.165, 1.54) is 35.4 Å². The van der Waals surface area contributed by atoms with Crippen LogP contribution in [0.15, 0.2) is 109 Å². The lowest BCUT2D eigenvalue weighted by Crippen LogP contribution is -2.45. The molecular weight excluding hydrogens is 562 g/mol. The van der Waals surface area contributed by atoms with Gasteiger partial charge in [-0.3, -0.25) is 19.4 Å². The van der Waals surface area contributed by atoms with Gasteiger partial charge in [0.15, 0.2) is 11.6 Å². The first-order chi connectivity index (χ1) is 21.4. The van der Waals surface area contributed by atoms with E-state index < -0.39 is 23.8 Å². The van der Waals surface area contributed by atoms with Crippen LogP contribution in [0.2, 0.25) is 0 Å². The number of morpholine rings is 2. The maximum atomic E-state index is 13.3. The fourth-order valence-corrected chi connectivity index (χ4v) is 5.35. The Balaban J connectivity index is 0.000000175. The fourth-order valence-electron chi connectivity index (χ4n) is 5.35. The number of nitrogens with zero attached hydrogens (tertiary/aromatic N) is 2. The van der Waals surface area contributed by atoms with Crippen LogP contribution in [0.1, 0.15) is 31.8 Å². The van der Waals surface area contributed by atoms with Crippen LogP contribution in [0.3, 0.4) is 0 Å². The van der Waals surface area contributed by atoms with Crippen molar-refractivity contribution in [1.82, 2.24) is 9.80 Å². The standard InChI is InChI=1S/2C18H18FNO2/c2*19-16-8-4-7-15(11-16)18(21)17-13-20(9-10-22-17)12-14-5-2-1-3-6-14/h2*1-8,11,17H,9-10,12-13H2/t2*17-/m10/s1. The molecule has 8 heteroatoms. The molecule has 0 saturated carbocycles.